The number of imide groups is 1. The van der Waals surface area contributed by atoms with E-state index >= 15 is 0 Å². The Labute approximate surface area is 169 Å². The number of hydrogen-bond acceptors (Lipinski definition) is 6. The lowest BCUT2D eigenvalue weighted by atomic mass is 9.77. The number of benzene rings is 1. The number of rotatable bonds is 3. The average molecular weight is 393 g/mol. The number of hydrogen-bond donors (Lipinski definition) is 1. The summed E-state index contributed by atoms with van der Waals surface area (Å²) in [5.41, 5.74) is 1.80. The Balaban J connectivity index is 1.19. The molecule has 4 heterocycles. The van der Waals surface area contributed by atoms with Gasteiger partial charge in [-0.1, -0.05) is 24.3 Å². The highest BCUT2D eigenvalue weighted by Crippen LogP contribution is 2.39. The summed E-state index contributed by atoms with van der Waals surface area (Å²) in [7, 11) is 0. The molecule has 0 unspecified atom stereocenters. The van der Waals surface area contributed by atoms with Crippen molar-refractivity contribution in [3.8, 4) is 11.6 Å². The predicted molar refractivity (Wildman–Crippen MR) is 104 cm³/mol. The first-order valence-corrected chi connectivity index (χ1v) is 10.0. The zero-order valence-corrected chi connectivity index (χ0v) is 16.1. The Kier molecular flexibility index (Phi) is 4.47. The van der Waals surface area contributed by atoms with E-state index in [0.29, 0.717) is 24.7 Å². The van der Waals surface area contributed by atoms with Gasteiger partial charge in [0, 0.05) is 19.2 Å². The lowest BCUT2D eigenvalue weighted by Gasteiger charge is -2.36. The number of nitrogens with one attached hydrogen (secondary N) is 1. The van der Waals surface area contributed by atoms with Crippen LogP contribution in [0.4, 0.5) is 0 Å². The minimum Gasteiger partial charge on any atom is -0.484 e. The molecule has 2 fully saturated rings. The molecule has 1 N–H and O–H groups in total. The lowest BCUT2D eigenvalue weighted by Crippen LogP contribution is -2.43. The van der Waals surface area contributed by atoms with E-state index in [1.54, 1.807) is 6.20 Å². The van der Waals surface area contributed by atoms with Gasteiger partial charge in [0.05, 0.1) is 5.41 Å². The standard InChI is InChI=1S/C22H23N3O4/c26-19-12-22(21(27)24-19)7-10-25(11-8-22)13-15-3-5-16(6-4-15)18-14-28-17-2-1-9-23-20(17)29-18/h1-6,9,18H,7-8,10-14H2,(H,24,26,27)/t18-/m1/s1. The lowest BCUT2D eigenvalue weighted by molar-refractivity contribution is -0.130. The molecule has 2 saturated heterocycles. The molecule has 0 saturated carbocycles. The number of pyridine rings is 1. The fraction of sp³-hybridized carbons (Fsp3) is 0.409. The van der Waals surface area contributed by atoms with Gasteiger partial charge in [0.2, 0.25) is 11.8 Å². The molecule has 1 aromatic heterocycles. The first-order valence-electron chi connectivity index (χ1n) is 10.0. The van der Waals surface area contributed by atoms with Gasteiger partial charge >= 0.3 is 0 Å². The van der Waals surface area contributed by atoms with E-state index in [2.05, 4.69) is 39.5 Å². The van der Waals surface area contributed by atoms with Crippen molar-refractivity contribution in [3.63, 3.8) is 0 Å². The Hall–Kier alpha value is -2.93. The summed E-state index contributed by atoms with van der Waals surface area (Å²) >= 11 is 0. The van der Waals surface area contributed by atoms with E-state index in [1.807, 2.05) is 12.1 Å². The van der Waals surface area contributed by atoms with Crippen molar-refractivity contribution in [3.05, 3.63) is 53.7 Å². The molecule has 0 radical (unpaired) electrons. The molecular formula is C22H23N3O4. The van der Waals surface area contributed by atoms with Gasteiger partial charge in [-0.3, -0.25) is 19.8 Å². The molecule has 1 aromatic carbocycles. The Morgan fingerprint density at radius 3 is 2.66 bits per heavy atom. The van der Waals surface area contributed by atoms with Crippen molar-refractivity contribution in [1.82, 2.24) is 15.2 Å². The summed E-state index contributed by atoms with van der Waals surface area (Å²) in [6.07, 6.45) is 3.35. The Morgan fingerprint density at radius 1 is 1.14 bits per heavy atom. The van der Waals surface area contributed by atoms with Crippen molar-refractivity contribution in [1.29, 1.82) is 0 Å². The molecule has 1 atom stereocenters. The number of piperidine rings is 1. The second-order valence-corrected chi connectivity index (χ2v) is 8.08. The number of carbonyl (C=O) groups is 2. The van der Waals surface area contributed by atoms with Crippen molar-refractivity contribution in [2.24, 2.45) is 5.41 Å². The number of amides is 2. The summed E-state index contributed by atoms with van der Waals surface area (Å²) in [6, 6.07) is 12.1. The molecular weight excluding hydrogens is 370 g/mol. The molecule has 0 aliphatic carbocycles. The molecule has 0 bridgehead atoms. The zero-order valence-electron chi connectivity index (χ0n) is 16.1. The monoisotopic (exact) mass is 393 g/mol. The summed E-state index contributed by atoms with van der Waals surface area (Å²) in [5, 5.41) is 2.46. The van der Waals surface area contributed by atoms with Gasteiger partial charge in [-0.25, -0.2) is 4.98 Å². The minimum absolute atomic E-state index is 0.0859. The van der Waals surface area contributed by atoms with Crippen LogP contribution in [0.1, 0.15) is 36.5 Å². The van der Waals surface area contributed by atoms with Crippen LogP contribution >= 0.6 is 0 Å². The second-order valence-electron chi connectivity index (χ2n) is 8.08. The van der Waals surface area contributed by atoms with Gasteiger partial charge in [-0.05, 0) is 49.2 Å². The summed E-state index contributed by atoms with van der Waals surface area (Å²) in [5.74, 6) is 0.994. The molecule has 1 spiro atoms. The number of likely N-dealkylation sites (tertiary alicyclic amines) is 1. The fourth-order valence-corrected chi connectivity index (χ4v) is 4.40. The highest BCUT2D eigenvalue weighted by atomic mass is 16.6. The molecule has 7 heteroatoms. The van der Waals surface area contributed by atoms with E-state index in [4.69, 9.17) is 9.47 Å². The topological polar surface area (TPSA) is 80.8 Å². The Bertz CT molecular complexity index is 935. The van der Waals surface area contributed by atoms with Crippen LogP contribution in [0.2, 0.25) is 0 Å². The first-order chi connectivity index (χ1) is 14.1. The highest BCUT2D eigenvalue weighted by molar-refractivity contribution is 6.05. The van der Waals surface area contributed by atoms with Crippen LogP contribution in [-0.4, -0.2) is 41.4 Å². The molecule has 3 aliphatic heterocycles. The number of aromatic nitrogens is 1. The maximum Gasteiger partial charge on any atom is 0.257 e. The molecule has 2 aromatic rings. The van der Waals surface area contributed by atoms with Crippen LogP contribution in [0.3, 0.4) is 0 Å². The van der Waals surface area contributed by atoms with E-state index in [1.165, 1.54) is 5.56 Å². The van der Waals surface area contributed by atoms with Crippen molar-refractivity contribution in [2.75, 3.05) is 19.7 Å². The molecule has 2 amide bonds. The maximum absolute atomic E-state index is 12.1. The van der Waals surface area contributed by atoms with Gasteiger partial charge < -0.3 is 9.47 Å². The third kappa shape index (κ3) is 3.46. The average Bonchev–Trinajstić information content (AvgIpc) is 3.02. The second kappa shape index (κ2) is 7.15. The van der Waals surface area contributed by atoms with E-state index in [9.17, 15) is 9.59 Å². The molecule has 29 heavy (non-hydrogen) atoms. The van der Waals surface area contributed by atoms with Gasteiger partial charge in [0.25, 0.3) is 5.88 Å². The summed E-state index contributed by atoms with van der Waals surface area (Å²) < 4.78 is 11.7. The normalized spacial score (nSPS) is 23.2. The maximum atomic E-state index is 12.1. The molecule has 5 rings (SSSR count). The van der Waals surface area contributed by atoms with Gasteiger partial charge in [-0.2, -0.15) is 0 Å². The van der Waals surface area contributed by atoms with Crippen molar-refractivity contribution < 1.29 is 19.1 Å². The SMILES string of the molecule is O=C1CC2(CCN(Cc3ccc([C@H]4COc5cccnc5O4)cc3)CC2)C(=O)N1. The number of carbonyl (C=O) groups excluding carboxylic acids is 2. The van der Waals surface area contributed by atoms with Crippen LogP contribution in [0.15, 0.2) is 42.6 Å². The molecule has 7 nitrogen and oxygen atoms in total. The largest absolute Gasteiger partial charge is 0.484 e. The van der Waals surface area contributed by atoms with Crippen LogP contribution in [0, 0.1) is 5.41 Å². The summed E-state index contributed by atoms with van der Waals surface area (Å²) in [4.78, 5) is 30.2. The van der Waals surface area contributed by atoms with Gasteiger partial charge in [0.1, 0.15) is 6.61 Å². The summed E-state index contributed by atoms with van der Waals surface area (Å²) in [6.45, 7) is 2.94. The van der Waals surface area contributed by atoms with E-state index in [0.717, 1.165) is 38.0 Å². The van der Waals surface area contributed by atoms with Crippen LogP contribution in [-0.2, 0) is 16.1 Å². The zero-order chi connectivity index (χ0) is 19.8. The molecule has 3 aliphatic rings. The first kappa shape index (κ1) is 18.1. The number of fused-ring (bicyclic) bond motifs is 1. The van der Waals surface area contributed by atoms with Crippen LogP contribution in [0.25, 0.3) is 0 Å². The van der Waals surface area contributed by atoms with Crippen molar-refractivity contribution in [2.45, 2.75) is 31.9 Å². The quantitative estimate of drug-likeness (QED) is 0.806. The van der Waals surface area contributed by atoms with E-state index < -0.39 is 5.41 Å². The van der Waals surface area contributed by atoms with Crippen molar-refractivity contribution >= 4 is 11.8 Å². The smallest absolute Gasteiger partial charge is 0.257 e. The van der Waals surface area contributed by atoms with Crippen LogP contribution in [0.5, 0.6) is 11.6 Å². The third-order valence-electron chi connectivity index (χ3n) is 6.18. The Morgan fingerprint density at radius 2 is 1.93 bits per heavy atom. The fourth-order valence-electron chi connectivity index (χ4n) is 4.40. The van der Waals surface area contributed by atoms with Gasteiger partial charge in [-0.15, -0.1) is 0 Å². The number of nitrogens with zero attached hydrogens (tertiary/aromatic N) is 2. The minimum atomic E-state index is -0.472. The van der Waals surface area contributed by atoms with Gasteiger partial charge in [0.15, 0.2) is 11.9 Å². The molecule has 150 valence electrons. The predicted octanol–water partition coefficient (Wildman–Crippen LogP) is 2.22. The third-order valence-corrected chi connectivity index (χ3v) is 6.18. The van der Waals surface area contributed by atoms with Crippen LogP contribution < -0.4 is 14.8 Å². The highest BCUT2D eigenvalue weighted by Gasteiger charge is 2.48. The van der Waals surface area contributed by atoms with E-state index in [-0.39, 0.29) is 17.9 Å². The number of ether oxygens (including phenoxy) is 2.